The maximum Gasteiger partial charge on any atom is 0.257 e. The summed E-state index contributed by atoms with van der Waals surface area (Å²) in [6.45, 7) is 2.01. The number of para-hydroxylation sites is 1. The van der Waals surface area contributed by atoms with Crippen LogP contribution in [0.5, 0.6) is 0 Å². The van der Waals surface area contributed by atoms with Gasteiger partial charge in [0, 0.05) is 17.7 Å². The highest BCUT2D eigenvalue weighted by Crippen LogP contribution is 2.34. The molecule has 3 heterocycles. The fourth-order valence-corrected chi connectivity index (χ4v) is 6.10. The zero-order valence-corrected chi connectivity index (χ0v) is 17.2. The van der Waals surface area contributed by atoms with Gasteiger partial charge in [0.2, 0.25) is 5.91 Å². The molecule has 0 radical (unpaired) electrons. The fraction of sp³-hybridized carbons (Fsp3) is 0.400. The molecule has 1 atom stereocenters. The normalized spacial score (nSPS) is 18.1. The number of nitrogens with zero attached hydrogens (tertiary/aromatic N) is 3. The number of nitrogens with one attached hydrogen (secondary N) is 1. The number of carbonyl (C=O) groups is 1. The van der Waals surface area contributed by atoms with Crippen LogP contribution in [0.3, 0.4) is 0 Å². The number of rotatable bonds is 3. The van der Waals surface area contributed by atoms with Crippen molar-refractivity contribution in [2.24, 2.45) is 0 Å². The Labute approximate surface area is 170 Å². The van der Waals surface area contributed by atoms with Gasteiger partial charge in [-0.25, -0.2) is 9.97 Å². The Balaban J connectivity index is 1.37. The maximum atomic E-state index is 13.0. The van der Waals surface area contributed by atoms with Crippen LogP contribution in [-0.4, -0.2) is 26.2 Å². The summed E-state index contributed by atoms with van der Waals surface area (Å²) in [5.74, 6) is 0.595. The fourth-order valence-electron chi connectivity index (χ4n) is 3.99. The second-order valence-corrected chi connectivity index (χ2v) is 9.38. The molecule has 3 aromatic rings. The standard InChI is InChI=1S/C20H20N4O2S2/c1-11-5-4-8-15-17(11)23-19(28-15)22-16(25)9-12-10-27-20-21-14-7-3-2-6-13(14)18(26)24(12)20/h4-5,8,12H,2-3,6-7,9-10H2,1H3,(H,22,23,25). The topological polar surface area (TPSA) is 76.9 Å². The Hall–Kier alpha value is -2.19. The summed E-state index contributed by atoms with van der Waals surface area (Å²) in [5.41, 5.74) is 3.89. The van der Waals surface area contributed by atoms with Crippen LogP contribution in [0.1, 0.15) is 42.1 Å². The number of aryl methyl sites for hydroxylation is 2. The van der Waals surface area contributed by atoms with E-state index in [9.17, 15) is 9.59 Å². The van der Waals surface area contributed by atoms with Gasteiger partial charge < -0.3 is 5.32 Å². The molecule has 1 N–H and O–H groups in total. The van der Waals surface area contributed by atoms with Crippen LogP contribution in [0.2, 0.25) is 0 Å². The lowest BCUT2D eigenvalue weighted by Gasteiger charge is -2.18. The predicted octanol–water partition coefficient (Wildman–Crippen LogP) is 3.72. The van der Waals surface area contributed by atoms with E-state index in [1.807, 2.05) is 25.1 Å². The average molecular weight is 413 g/mol. The van der Waals surface area contributed by atoms with Crippen molar-refractivity contribution in [3.8, 4) is 0 Å². The molecule has 2 aromatic heterocycles. The van der Waals surface area contributed by atoms with Gasteiger partial charge in [-0.05, 0) is 44.2 Å². The molecule has 0 spiro atoms. The first-order valence-corrected chi connectivity index (χ1v) is 11.3. The van der Waals surface area contributed by atoms with Crippen molar-refractivity contribution in [3.63, 3.8) is 0 Å². The van der Waals surface area contributed by atoms with E-state index in [4.69, 9.17) is 4.98 Å². The van der Waals surface area contributed by atoms with Gasteiger partial charge in [0.15, 0.2) is 10.3 Å². The van der Waals surface area contributed by atoms with Gasteiger partial charge in [0.1, 0.15) is 0 Å². The molecule has 144 valence electrons. The van der Waals surface area contributed by atoms with Crippen molar-refractivity contribution >= 4 is 44.4 Å². The maximum absolute atomic E-state index is 13.0. The lowest BCUT2D eigenvalue weighted by atomic mass is 9.97. The minimum absolute atomic E-state index is 0.0538. The summed E-state index contributed by atoms with van der Waals surface area (Å²) >= 11 is 3.05. The summed E-state index contributed by atoms with van der Waals surface area (Å²) in [5, 5.41) is 4.29. The first-order valence-electron chi connectivity index (χ1n) is 9.53. The molecule has 0 fully saturated rings. The molecule has 0 saturated heterocycles. The Kier molecular flexibility index (Phi) is 4.47. The van der Waals surface area contributed by atoms with Crippen LogP contribution < -0.4 is 10.9 Å². The van der Waals surface area contributed by atoms with Crippen molar-refractivity contribution in [1.82, 2.24) is 14.5 Å². The summed E-state index contributed by atoms with van der Waals surface area (Å²) < 4.78 is 2.81. The summed E-state index contributed by atoms with van der Waals surface area (Å²) in [6, 6.07) is 5.87. The average Bonchev–Trinajstić information content (AvgIpc) is 3.27. The molecular formula is C20H20N4O2S2. The number of thioether (sulfide) groups is 1. The minimum atomic E-state index is -0.150. The second-order valence-electron chi connectivity index (χ2n) is 7.36. The minimum Gasteiger partial charge on any atom is -0.302 e. The van der Waals surface area contributed by atoms with Gasteiger partial charge in [0.25, 0.3) is 5.56 Å². The van der Waals surface area contributed by atoms with E-state index in [-0.39, 0.29) is 23.9 Å². The first-order chi connectivity index (χ1) is 13.6. The molecule has 1 unspecified atom stereocenters. The number of anilines is 1. The molecule has 0 saturated carbocycles. The van der Waals surface area contributed by atoms with E-state index in [1.165, 1.54) is 11.3 Å². The number of hydrogen-bond donors (Lipinski definition) is 1. The molecular weight excluding hydrogens is 392 g/mol. The molecule has 5 rings (SSSR count). The van der Waals surface area contributed by atoms with E-state index < -0.39 is 0 Å². The van der Waals surface area contributed by atoms with Gasteiger partial charge in [-0.3, -0.25) is 14.2 Å². The number of benzene rings is 1. The lowest BCUT2D eigenvalue weighted by molar-refractivity contribution is -0.116. The molecule has 1 amide bonds. The predicted molar refractivity (Wildman–Crippen MR) is 113 cm³/mol. The summed E-state index contributed by atoms with van der Waals surface area (Å²) in [4.78, 5) is 34.9. The first kappa shape index (κ1) is 17.9. The van der Waals surface area contributed by atoms with Crippen molar-refractivity contribution in [1.29, 1.82) is 0 Å². The van der Waals surface area contributed by atoms with Crippen LogP contribution in [0.15, 0.2) is 28.2 Å². The Morgan fingerprint density at radius 1 is 1.29 bits per heavy atom. The number of hydrogen-bond acceptors (Lipinski definition) is 6. The van der Waals surface area contributed by atoms with Crippen LogP contribution in [0.25, 0.3) is 10.2 Å². The third-order valence-electron chi connectivity index (χ3n) is 5.41. The smallest absolute Gasteiger partial charge is 0.257 e. The Bertz CT molecular complexity index is 1150. The van der Waals surface area contributed by atoms with E-state index in [2.05, 4.69) is 10.3 Å². The molecule has 6 nitrogen and oxygen atoms in total. The van der Waals surface area contributed by atoms with Gasteiger partial charge in [0.05, 0.1) is 22.0 Å². The van der Waals surface area contributed by atoms with Crippen LogP contribution in [-0.2, 0) is 17.6 Å². The molecule has 1 aromatic carbocycles. The molecule has 28 heavy (non-hydrogen) atoms. The third kappa shape index (κ3) is 3.04. The monoisotopic (exact) mass is 412 g/mol. The molecule has 1 aliphatic heterocycles. The Morgan fingerprint density at radius 3 is 3.00 bits per heavy atom. The summed E-state index contributed by atoms with van der Waals surface area (Å²) in [7, 11) is 0. The summed E-state index contributed by atoms with van der Waals surface area (Å²) in [6.07, 6.45) is 4.09. The van der Waals surface area contributed by atoms with E-state index >= 15 is 0 Å². The highest BCUT2D eigenvalue weighted by Gasteiger charge is 2.30. The highest BCUT2D eigenvalue weighted by atomic mass is 32.2. The van der Waals surface area contributed by atoms with E-state index in [0.29, 0.717) is 10.9 Å². The molecule has 2 aliphatic rings. The number of aromatic nitrogens is 3. The van der Waals surface area contributed by atoms with Crippen LogP contribution in [0.4, 0.5) is 5.13 Å². The zero-order valence-electron chi connectivity index (χ0n) is 15.5. The third-order valence-corrected chi connectivity index (χ3v) is 7.44. The van der Waals surface area contributed by atoms with E-state index in [1.54, 1.807) is 16.3 Å². The number of fused-ring (bicyclic) bond motifs is 3. The highest BCUT2D eigenvalue weighted by molar-refractivity contribution is 7.99. The van der Waals surface area contributed by atoms with Gasteiger partial charge >= 0.3 is 0 Å². The number of amides is 1. The van der Waals surface area contributed by atoms with Gasteiger partial charge in [-0.1, -0.05) is 35.2 Å². The van der Waals surface area contributed by atoms with Crippen molar-refractivity contribution in [3.05, 3.63) is 45.4 Å². The van der Waals surface area contributed by atoms with Crippen molar-refractivity contribution in [2.45, 2.75) is 50.2 Å². The number of thiazole rings is 1. The van der Waals surface area contributed by atoms with Crippen LogP contribution in [0, 0.1) is 6.92 Å². The SMILES string of the molecule is Cc1cccc2sc(NC(=O)CC3CSc4nc5c(c(=O)n43)CCCC5)nc12. The largest absolute Gasteiger partial charge is 0.302 e. The van der Waals surface area contributed by atoms with Gasteiger partial charge in [-0.2, -0.15) is 0 Å². The molecule has 1 aliphatic carbocycles. The Morgan fingerprint density at radius 2 is 2.14 bits per heavy atom. The van der Waals surface area contributed by atoms with Crippen LogP contribution >= 0.6 is 23.1 Å². The van der Waals surface area contributed by atoms with Crippen molar-refractivity contribution < 1.29 is 4.79 Å². The zero-order chi connectivity index (χ0) is 19.3. The van der Waals surface area contributed by atoms with Gasteiger partial charge in [-0.15, -0.1) is 0 Å². The molecule has 0 bridgehead atoms. The number of carbonyl (C=O) groups excluding carboxylic acids is 1. The lowest BCUT2D eigenvalue weighted by Crippen LogP contribution is -2.32. The second kappa shape index (κ2) is 7.00. The quantitative estimate of drug-likeness (QED) is 0.664. The molecule has 8 heteroatoms. The van der Waals surface area contributed by atoms with Crippen molar-refractivity contribution in [2.75, 3.05) is 11.1 Å². The van der Waals surface area contributed by atoms with E-state index in [0.717, 1.165) is 57.9 Å².